The maximum atomic E-state index is 8.43. The number of hydrogen-bond donors (Lipinski definition) is 1. The Morgan fingerprint density at radius 1 is 1.22 bits per heavy atom. The number of nitrogens with two attached hydrogens (primary N) is 1. The van der Waals surface area contributed by atoms with Crippen molar-refractivity contribution in [2.24, 2.45) is 5.73 Å². The molecule has 98 valence electrons. The van der Waals surface area contributed by atoms with Gasteiger partial charge in [0.15, 0.2) is 11.5 Å². The van der Waals surface area contributed by atoms with E-state index < -0.39 is 0 Å². The minimum absolute atomic E-state index is 0.489. The van der Waals surface area contributed by atoms with Crippen molar-refractivity contribution in [2.45, 2.75) is 32.7 Å². The second-order valence-corrected chi connectivity index (χ2v) is 3.88. The van der Waals surface area contributed by atoms with Gasteiger partial charge in [-0.1, -0.05) is 6.07 Å². The first-order valence-electron chi connectivity index (χ1n) is 6.27. The average molecular weight is 248 g/mol. The SMILES string of the molecule is CCOc1cc(CN)ccc1OCCCCC#N. The van der Waals surface area contributed by atoms with E-state index in [-0.39, 0.29) is 0 Å². The summed E-state index contributed by atoms with van der Waals surface area (Å²) in [6.45, 7) is 3.62. The summed E-state index contributed by atoms with van der Waals surface area (Å²) < 4.78 is 11.2. The summed E-state index contributed by atoms with van der Waals surface area (Å²) in [6.07, 6.45) is 2.31. The second-order valence-electron chi connectivity index (χ2n) is 3.88. The van der Waals surface area contributed by atoms with Gasteiger partial charge in [0.1, 0.15) is 0 Å². The molecule has 1 aromatic rings. The van der Waals surface area contributed by atoms with E-state index in [2.05, 4.69) is 6.07 Å². The molecule has 0 saturated heterocycles. The van der Waals surface area contributed by atoms with Crippen LogP contribution in [-0.4, -0.2) is 13.2 Å². The molecule has 0 radical (unpaired) electrons. The summed E-state index contributed by atoms with van der Waals surface area (Å²) in [5.41, 5.74) is 6.62. The van der Waals surface area contributed by atoms with Crippen LogP contribution in [0.5, 0.6) is 11.5 Å². The molecule has 2 N–H and O–H groups in total. The van der Waals surface area contributed by atoms with Gasteiger partial charge in [0, 0.05) is 13.0 Å². The van der Waals surface area contributed by atoms with Crippen molar-refractivity contribution in [3.05, 3.63) is 23.8 Å². The van der Waals surface area contributed by atoms with Gasteiger partial charge in [0.05, 0.1) is 19.3 Å². The number of ether oxygens (including phenoxy) is 2. The highest BCUT2D eigenvalue weighted by atomic mass is 16.5. The van der Waals surface area contributed by atoms with Crippen molar-refractivity contribution in [1.82, 2.24) is 0 Å². The molecule has 1 rings (SSSR count). The number of nitriles is 1. The topological polar surface area (TPSA) is 68.3 Å². The second kappa shape index (κ2) is 8.37. The zero-order valence-electron chi connectivity index (χ0n) is 10.8. The smallest absolute Gasteiger partial charge is 0.161 e. The molecule has 0 heterocycles. The van der Waals surface area contributed by atoms with Gasteiger partial charge in [-0.3, -0.25) is 0 Å². The first-order chi connectivity index (χ1) is 8.81. The van der Waals surface area contributed by atoms with Gasteiger partial charge < -0.3 is 15.2 Å². The molecule has 0 aliphatic carbocycles. The molecule has 0 aliphatic heterocycles. The molecular weight excluding hydrogens is 228 g/mol. The third-order valence-electron chi connectivity index (χ3n) is 2.48. The van der Waals surface area contributed by atoms with Crippen molar-refractivity contribution in [3.63, 3.8) is 0 Å². The first-order valence-corrected chi connectivity index (χ1v) is 6.27. The van der Waals surface area contributed by atoms with E-state index in [1.807, 2.05) is 25.1 Å². The van der Waals surface area contributed by atoms with Crippen LogP contribution < -0.4 is 15.2 Å². The van der Waals surface area contributed by atoms with E-state index in [0.29, 0.717) is 26.2 Å². The number of unbranched alkanes of at least 4 members (excludes halogenated alkanes) is 2. The molecule has 0 bridgehead atoms. The number of nitrogens with zero attached hydrogens (tertiary/aromatic N) is 1. The van der Waals surface area contributed by atoms with Crippen LogP contribution in [0.25, 0.3) is 0 Å². The molecule has 4 nitrogen and oxygen atoms in total. The molecule has 0 fully saturated rings. The Hall–Kier alpha value is -1.73. The van der Waals surface area contributed by atoms with E-state index in [9.17, 15) is 0 Å². The van der Waals surface area contributed by atoms with Gasteiger partial charge in [0.2, 0.25) is 0 Å². The van der Waals surface area contributed by atoms with Crippen molar-refractivity contribution in [2.75, 3.05) is 13.2 Å². The van der Waals surface area contributed by atoms with Gasteiger partial charge >= 0.3 is 0 Å². The number of rotatable bonds is 8. The molecule has 18 heavy (non-hydrogen) atoms. The lowest BCUT2D eigenvalue weighted by molar-refractivity contribution is 0.271. The third-order valence-corrected chi connectivity index (χ3v) is 2.48. The van der Waals surface area contributed by atoms with Crippen molar-refractivity contribution in [1.29, 1.82) is 5.26 Å². The predicted octanol–water partition coefficient (Wildman–Crippen LogP) is 2.62. The molecule has 0 unspecified atom stereocenters. The molecule has 0 amide bonds. The van der Waals surface area contributed by atoms with Crippen LogP contribution in [0.15, 0.2) is 18.2 Å². The quantitative estimate of drug-likeness (QED) is 0.718. The predicted molar refractivity (Wildman–Crippen MR) is 70.5 cm³/mol. The van der Waals surface area contributed by atoms with Crippen LogP contribution in [0.1, 0.15) is 31.7 Å². The maximum absolute atomic E-state index is 8.43. The molecule has 4 heteroatoms. The van der Waals surface area contributed by atoms with E-state index in [1.54, 1.807) is 0 Å². The Morgan fingerprint density at radius 3 is 2.72 bits per heavy atom. The molecule has 0 spiro atoms. The lowest BCUT2D eigenvalue weighted by atomic mass is 10.2. The maximum Gasteiger partial charge on any atom is 0.161 e. The monoisotopic (exact) mass is 248 g/mol. The molecule has 0 aliphatic rings. The summed E-state index contributed by atoms with van der Waals surface area (Å²) in [5, 5.41) is 8.43. The lowest BCUT2D eigenvalue weighted by Gasteiger charge is -2.12. The largest absolute Gasteiger partial charge is 0.490 e. The Bertz CT molecular complexity index is 399. The van der Waals surface area contributed by atoms with Crippen molar-refractivity contribution >= 4 is 0 Å². The highest BCUT2D eigenvalue weighted by Crippen LogP contribution is 2.28. The summed E-state index contributed by atoms with van der Waals surface area (Å²) in [5.74, 6) is 1.48. The fourth-order valence-electron chi connectivity index (χ4n) is 1.56. The third kappa shape index (κ3) is 4.64. The zero-order valence-corrected chi connectivity index (χ0v) is 10.8. The van der Waals surface area contributed by atoms with Crippen LogP contribution in [0.4, 0.5) is 0 Å². The lowest BCUT2D eigenvalue weighted by Crippen LogP contribution is -2.03. The summed E-state index contributed by atoms with van der Waals surface area (Å²) in [7, 11) is 0. The van der Waals surface area contributed by atoms with Gasteiger partial charge in [-0.05, 0) is 37.5 Å². The molecule has 0 atom stereocenters. The highest BCUT2D eigenvalue weighted by Gasteiger charge is 2.05. The van der Waals surface area contributed by atoms with Crippen molar-refractivity contribution in [3.8, 4) is 17.6 Å². The minimum atomic E-state index is 0.489. The molecule has 0 aromatic heterocycles. The summed E-state index contributed by atoms with van der Waals surface area (Å²) >= 11 is 0. The van der Waals surface area contributed by atoms with Gasteiger partial charge in [-0.2, -0.15) is 5.26 Å². The summed E-state index contributed by atoms with van der Waals surface area (Å²) in [4.78, 5) is 0. The Balaban J connectivity index is 2.55. The van der Waals surface area contributed by atoms with Crippen molar-refractivity contribution < 1.29 is 9.47 Å². The van der Waals surface area contributed by atoms with Crippen LogP contribution in [0, 0.1) is 11.3 Å². The Labute approximate surface area is 108 Å². The van der Waals surface area contributed by atoms with Gasteiger partial charge in [0.25, 0.3) is 0 Å². The molecule has 1 aromatic carbocycles. The van der Waals surface area contributed by atoms with Crippen LogP contribution in [-0.2, 0) is 6.54 Å². The minimum Gasteiger partial charge on any atom is -0.490 e. The Morgan fingerprint density at radius 2 is 2.06 bits per heavy atom. The molecular formula is C14H20N2O2. The van der Waals surface area contributed by atoms with Crippen LogP contribution >= 0.6 is 0 Å². The molecule has 0 saturated carbocycles. The van der Waals surface area contributed by atoms with E-state index in [0.717, 1.165) is 29.9 Å². The standard InChI is InChI=1S/C14H20N2O2/c1-2-17-14-10-12(11-16)6-7-13(14)18-9-5-3-4-8-15/h6-7,10H,2-5,9,11,16H2,1H3. The Kier molecular flexibility index (Phi) is 6.67. The van der Waals surface area contributed by atoms with Crippen LogP contribution in [0.3, 0.4) is 0 Å². The average Bonchev–Trinajstić information content (AvgIpc) is 2.40. The number of benzene rings is 1. The van der Waals surface area contributed by atoms with Gasteiger partial charge in [-0.25, -0.2) is 0 Å². The number of hydrogen-bond acceptors (Lipinski definition) is 4. The fraction of sp³-hybridized carbons (Fsp3) is 0.500. The van der Waals surface area contributed by atoms with Gasteiger partial charge in [-0.15, -0.1) is 0 Å². The van der Waals surface area contributed by atoms with E-state index >= 15 is 0 Å². The first kappa shape index (κ1) is 14.3. The normalized spacial score (nSPS) is 9.83. The fourth-order valence-corrected chi connectivity index (χ4v) is 1.56. The zero-order chi connectivity index (χ0) is 13.2. The van der Waals surface area contributed by atoms with E-state index in [4.69, 9.17) is 20.5 Å². The van der Waals surface area contributed by atoms with E-state index in [1.165, 1.54) is 0 Å². The van der Waals surface area contributed by atoms with Crippen LogP contribution in [0.2, 0.25) is 0 Å². The summed E-state index contributed by atoms with van der Waals surface area (Å²) in [6, 6.07) is 7.85. The highest BCUT2D eigenvalue weighted by molar-refractivity contribution is 5.43.